The van der Waals surface area contributed by atoms with Crippen LogP contribution in [0.1, 0.15) is 40.9 Å². The van der Waals surface area contributed by atoms with Crippen molar-refractivity contribution in [3.8, 4) is 0 Å². The van der Waals surface area contributed by atoms with Crippen molar-refractivity contribution in [3.63, 3.8) is 0 Å². The summed E-state index contributed by atoms with van der Waals surface area (Å²) in [6.45, 7) is 11.4. The lowest BCUT2D eigenvalue weighted by molar-refractivity contribution is -0.385. The summed E-state index contributed by atoms with van der Waals surface area (Å²) in [5.41, 5.74) is 18.2. The lowest BCUT2D eigenvalue weighted by Crippen LogP contribution is -2.35. The summed E-state index contributed by atoms with van der Waals surface area (Å²) in [4.78, 5) is 45.8. The van der Waals surface area contributed by atoms with Crippen LogP contribution in [-0.4, -0.2) is 266 Å². The molecule has 0 aliphatic carbocycles. The van der Waals surface area contributed by atoms with E-state index in [1.165, 1.54) is 61.4 Å². The van der Waals surface area contributed by atoms with Crippen LogP contribution in [0.2, 0.25) is 0 Å². The molecule has 5 aliphatic rings. The number of nitro groups is 3. The summed E-state index contributed by atoms with van der Waals surface area (Å²) in [5, 5.41) is 41.6. The molecule has 5 saturated heterocycles. The zero-order chi connectivity index (χ0) is 74.7. The Kier molecular flexibility index (Phi) is 46.6. The highest BCUT2D eigenvalue weighted by molar-refractivity contribution is 7.91. The Morgan fingerprint density at radius 2 is 0.708 bits per heavy atom. The van der Waals surface area contributed by atoms with Crippen LogP contribution in [-0.2, 0) is 39.3 Å². The summed E-state index contributed by atoms with van der Waals surface area (Å²) < 4.78 is 105. The number of nitrogens with two attached hydrogens (primary N) is 2. The Labute approximate surface area is 664 Å². The summed E-state index contributed by atoms with van der Waals surface area (Å²) >= 11 is 0. The van der Waals surface area contributed by atoms with E-state index in [4.69, 9.17) is 12.8 Å². The maximum atomic E-state index is 11.2. The van der Waals surface area contributed by atoms with Crippen LogP contribution in [0.15, 0.2) is 121 Å². The molecule has 5 fully saturated rings. The van der Waals surface area contributed by atoms with Crippen LogP contribution < -0.4 is 42.1 Å². The van der Waals surface area contributed by atoms with Crippen molar-refractivity contribution in [1.82, 2.24) is 24.9 Å². The zero-order valence-corrected chi connectivity index (χ0v) is 69.0. The van der Waals surface area contributed by atoms with Gasteiger partial charge in [0.2, 0.25) is 0 Å². The number of hydrogen-bond acceptors (Lipinski definition) is 26. The maximum absolute atomic E-state index is 11.2. The zero-order valence-electron chi connectivity index (χ0n) is 61.8. The maximum Gasteiger partial charge on any atom is 0.269 e. The molecule has 106 heavy (non-hydrogen) atoms. The second kappa shape index (κ2) is 49.4. The van der Waals surface area contributed by atoms with E-state index in [1.807, 2.05) is 55.6 Å². The van der Waals surface area contributed by atoms with Crippen molar-refractivity contribution >= 4 is 164 Å². The van der Waals surface area contributed by atoms with Crippen molar-refractivity contribution < 1.29 is 54.2 Å². The molecule has 0 saturated carbocycles. The van der Waals surface area contributed by atoms with Gasteiger partial charge in [-0.25, -0.2) is 33.7 Å². The van der Waals surface area contributed by atoms with E-state index >= 15 is 0 Å². The lowest BCUT2D eigenvalue weighted by Gasteiger charge is -2.27. The molecule has 0 bridgehead atoms. The molecule has 0 unspecified atom stereocenters. The Balaban J connectivity index is 0. The molecule has 5 aromatic carbocycles. The molecular weight excluding hydrogens is 1550 g/mol. The van der Waals surface area contributed by atoms with Crippen molar-refractivity contribution in [1.29, 1.82) is 0 Å². The first-order chi connectivity index (χ1) is 47.5. The molecular formula is C67H116FN15O14S9. The Morgan fingerprint density at radius 1 is 0.453 bits per heavy atom. The van der Waals surface area contributed by atoms with Gasteiger partial charge in [0.15, 0.2) is 0 Å². The minimum absolute atomic E-state index is 0. The third-order valence-corrected chi connectivity index (χ3v) is 21.5. The molecule has 5 aliphatic heterocycles. The number of non-ortho nitro benzene ring substituents is 3. The largest absolute Gasteiger partial charge is 0.399 e. The number of likely N-dealkylation sites (N-methyl/N-ethyl adjacent to an activating group) is 3. The highest BCUT2D eigenvalue weighted by Crippen LogP contribution is 2.27. The molecule has 5 heterocycles. The SMILES string of the molecule is C.CN(c1ccc(N)cc1)[C@H]1CCN(CCS(C)(=O)=O)C1.CN(c1ccc(N)cc1)[C@H]1CCN(CCS(C)(=O)=O)C1.CN(c1ccc([N+](=O)[O-])cc1)[C@H]1CCN(CCS(C)(=O)=O)C1.CS(=O)(=O)CCN1CC[C@H](Nc2ccc([N+](=O)[O-])cc2)C1.O=[N+]([O-])c1ccc(N[C@H]2CCNC2)cc1.S.S.S.S.S.[2H]CF. The number of nitrogens with zero attached hydrogens (tertiary/aromatic N) is 10. The molecule has 5 atom stereocenters. The van der Waals surface area contributed by atoms with E-state index in [9.17, 15) is 68.4 Å². The average molecular weight is 1660 g/mol. The van der Waals surface area contributed by atoms with Crippen LogP contribution in [0, 0.1) is 30.3 Å². The molecule has 0 aromatic heterocycles. The van der Waals surface area contributed by atoms with Crippen LogP contribution in [0.5, 0.6) is 0 Å². The standard InChI is InChI=1S/C14H21N3O4S.2C14H23N3O2S.C13H19N3O4S.C10H13N3O2.CH3F.CH4.5H2S/c1-15(12-3-5-13(6-4-12)17(18)19)14-7-8-16(11-14)9-10-22(2,20)21;2*1-16(13-5-3-12(15)4-6-13)14-7-8-17(11-14)9-10-20(2,18)19;1-21(19,20)9-8-15-7-6-12(10-15)14-11-2-4-13(5-3-11)16(17)18;14-13(15)10-3-1-8(2-4-10)12-9-5-6-11-7-9;1-2;;;;;;/h3-6,14H,7-11H2,1-2H3;2*3-6,14H,7-11,15H2,1-2H3;2-5,12,14H,6-10H2,1H3;1-4,9,11-12H,5-7H2;1H3;1H4;5*1H2/t3*14-;12-;9-;;;;;;;/m00000......./s1/i;;;;;1D;;;;;;. The molecule has 0 radical (unpaired) electrons. The number of likely N-dealkylation sites (tertiary alicyclic amines) is 4. The highest BCUT2D eigenvalue weighted by Gasteiger charge is 2.30. The van der Waals surface area contributed by atoms with E-state index in [0.717, 1.165) is 137 Å². The van der Waals surface area contributed by atoms with Gasteiger partial charge in [-0.15, -0.1) is 0 Å². The molecule has 29 nitrogen and oxygen atoms in total. The van der Waals surface area contributed by atoms with Crippen LogP contribution in [0.4, 0.5) is 61.3 Å². The second-order valence-corrected chi connectivity index (χ2v) is 34.9. The van der Waals surface area contributed by atoms with E-state index in [0.29, 0.717) is 50.3 Å². The Hall–Kier alpha value is -5.82. The number of sulfone groups is 4. The molecule has 7 N–H and O–H groups in total. The fourth-order valence-corrected chi connectivity index (χ4v) is 14.2. The van der Waals surface area contributed by atoms with Crippen LogP contribution in [0.3, 0.4) is 0 Å². The first kappa shape index (κ1) is 100. The van der Waals surface area contributed by atoms with Gasteiger partial charge in [-0.3, -0.25) is 34.7 Å². The van der Waals surface area contributed by atoms with Crippen LogP contribution in [0.25, 0.3) is 0 Å². The molecule has 10 rings (SSSR count). The van der Waals surface area contributed by atoms with Gasteiger partial charge in [0.1, 0.15) is 39.3 Å². The Bertz CT molecular complexity index is 3760. The number of benzene rings is 5. The monoisotopic (exact) mass is 1660 g/mol. The number of nitrogen functional groups attached to an aromatic ring is 2. The predicted molar refractivity (Wildman–Crippen MR) is 459 cm³/mol. The summed E-state index contributed by atoms with van der Waals surface area (Å²) in [7, 11) is -6.49. The van der Waals surface area contributed by atoms with Gasteiger partial charge in [-0.1, -0.05) is 7.43 Å². The number of halogens is 1. The van der Waals surface area contributed by atoms with Gasteiger partial charge in [-0.05, 0) is 124 Å². The first-order valence-electron chi connectivity index (χ1n) is 33.5. The fraction of sp³-hybridized carbons (Fsp3) is 0.552. The third kappa shape index (κ3) is 38.5. The molecule has 5 aromatic rings. The summed E-state index contributed by atoms with van der Waals surface area (Å²) in [6.07, 6.45) is 10.2. The van der Waals surface area contributed by atoms with Gasteiger partial charge < -0.3 is 61.7 Å². The third-order valence-electron chi connectivity index (χ3n) is 17.8. The number of anilines is 7. The van der Waals surface area contributed by atoms with Crippen molar-refractivity contribution in [2.75, 3.05) is 205 Å². The van der Waals surface area contributed by atoms with Crippen LogP contribution >= 0.6 is 67.5 Å². The van der Waals surface area contributed by atoms with Gasteiger partial charge in [0.05, 0.1) is 46.3 Å². The summed E-state index contributed by atoms with van der Waals surface area (Å²) in [5.74, 6) is 0.842. The number of nitro benzene ring substituents is 3. The van der Waals surface area contributed by atoms with Crippen molar-refractivity contribution in [3.05, 3.63) is 152 Å². The minimum Gasteiger partial charge on any atom is -0.399 e. The molecule has 604 valence electrons. The number of alkyl halides is 1. The van der Waals surface area contributed by atoms with E-state index in [-0.39, 0.29) is 126 Å². The Morgan fingerprint density at radius 3 is 0.972 bits per heavy atom. The van der Waals surface area contributed by atoms with E-state index in [2.05, 4.69) is 64.3 Å². The number of rotatable bonds is 25. The fourth-order valence-electron chi connectivity index (χ4n) is 11.8. The normalized spacial score (nSPS) is 18.5. The van der Waals surface area contributed by atoms with E-state index in [1.54, 1.807) is 36.4 Å². The lowest BCUT2D eigenvalue weighted by atomic mass is 10.2. The van der Waals surface area contributed by atoms with Crippen molar-refractivity contribution in [2.24, 2.45) is 0 Å². The topological polar surface area (TPSA) is 377 Å². The molecule has 0 spiro atoms. The molecule has 0 amide bonds. The van der Waals surface area contributed by atoms with Gasteiger partial charge in [-0.2, -0.15) is 67.5 Å². The summed E-state index contributed by atoms with van der Waals surface area (Å²) in [6, 6.07) is 36.9. The second-order valence-electron chi connectivity index (χ2n) is 25.9. The first-order valence-corrected chi connectivity index (χ1v) is 41.0. The number of hydrogen-bond donors (Lipinski definition) is 5. The van der Waals surface area contributed by atoms with Crippen molar-refractivity contribution in [2.45, 2.75) is 69.7 Å². The average Bonchev–Trinajstić information content (AvgIpc) is 1.77. The minimum atomic E-state index is -2.93. The quantitative estimate of drug-likeness (QED) is 0.0221. The number of nitrogens with one attached hydrogen (secondary N) is 3. The van der Waals surface area contributed by atoms with Gasteiger partial charge in [0, 0.05) is 238 Å². The highest BCUT2D eigenvalue weighted by atomic mass is 32.2. The van der Waals surface area contributed by atoms with E-state index < -0.39 is 56.3 Å². The smallest absolute Gasteiger partial charge is 0.269 e. The van der Waals surface area contributed by atoms with Gasteiger partial charge in [0.25, 0.3) is 17.1 Å². The molecule has 39 heteroatoms. The predicted octanol–water partition coefficient (Wildman–Crippen LogP) is 7.08. The van der Waals surface area contributed by atoms with Gasteiger partial charge >= 0.3 is 0 Å².